The fourth-order valence-corrected chi connectivity index (χ4v) is 3.94. The fourth-order valence-electron chi connectivity index (χ4n) is 3.94. The number of hydrogen-bond acceptors (Lipinski definition) is 5. The van der Waals surface area contributed by atoms with E-state index in [1.54, 1.807) is 18.6 Å². The molecule has 0 bridgehead atoms. The Bertz CT molecular complexity index is 1210. The Morgan fingerprint density at radius 1 is 0.824 bits per heavy atom. The van der Waals surface area contributed by atoms with Crippen LogP contribution in [0, 0.1) is 0 Å². The number of rotatable bonds is 3. The number of nitrogens with one attached hydrogen (secondary N) is 1. The van der Waals surface area contributed by atoms with E-state index in [1.165, 1.54) is 12.1 Å². The number of nitrogens with zero attached hydrogens (tertiary/aromatic N) is 5. The number of benzene rings is 2. The Labute approximate surface area is 212 Å². The van der Waals surface area contributed by atoms with Gasteiger partial charge in [-0.1, -0.05) is 12.1 Å². The summed E-state index contributed by atoms with van der Waals surface area (Å²) in [5.41, 5.74) is 2.80. The summed E-state index contributed by atoms with van der Waals surface area (Å²) in [6, 6.07) is 11.5. The van der Waals surface area contributed by atoms with E-state index in [4.69, 9.17) is 0 Å². The van der Waals surface area contributed by atoms with Gasteiger partial charge in [0.15, 0.2) is 0 Å². The van der Waals surface area contributed by atoms with E-state index in [-0.39, 0.29) is 37.2 Å². The second-order valence-electron chi connectivity index (χ2n) is 7.44. The summed E-state index contributed by atoms with van der Waals surface area (Å²) in [7, 11) is 0. The Morgan fingerprint density at radius 2 is 1.56 bits per heavy atom. The van der Waals surface area contributed by atoms with Gasteiger partial charge in [0.25, 0.3) is 0 Å². The number of aromatic nitrogens is 4. The number of hydrogen-bond donors (Lipinski definition) is 1. The summed E-state index contributed by atoms with van der Waals surface area (Å²) in [6.45, 7) is 2.51. The van der Waals surface area contributed by atoms with Crippen LogP contribution in [0.2, 0.25) is 0 Å². The average molecular weight is 534 g/mol. The summed E-state index contributed by atoms with van der Waals surface area (Å²) >= 11 is 0. The highest BCUT2D eigenvalue weighted by atomic mass is 35.5. The molecule has 1 saturated heterocycles. The lowest BCUT2D eigenvalue weighted by Gasteiger charge is -2.37. The first-order valence-electron chi connectivity index (χ1n) is 9.90. The monoisotopic (exact) mass is 532 g/mol. The van der Waals surface area contributed by atoms with Crippen molar-refractivity contribution in [2.45, 2.75) is 6.18 Å². The van der Waals surface area contributed by atoms with E-state index in [0.717, 1.165) is 33.9 Å². The van der Waals surface area contributed by atoms with Crippen LogP contribution in [0.25, 0.3) is 22.0 Å². The topological polar surface area (TPSA) is 60.9 Å². The minimum Gasteiger partial charge on any atom is -0.368 e. The van der Waals surface area contributed by atoms with Crippen molar-refractivity contribution < 1.29 is 13.2 Å². The Kier molecular flexibility index (Phi) is 8.99. The van der Waals surface area contributed by atoms with Gasteiger partial charge in [0.05, 0.1) is 17.3 Å². The first-order valence-corrected chi connectivity index (χ1v) is 9.90. The highest BCUT2D eigenvalue weighted by Gasteiger charge is 2.31. The van der Waals surface area contributed by atoms with Crippen molar-refractivity contribution in [3.05, 3.63) is 66.7 Å². The van der Waals surface area contributed by atoms with Gasteiger partial charge in [-0.15, -0.1) is 37.2 Å². The van der Waals surface area contributed by atoms with Gasteiger partial charge in [-0.25, -0.2) is 9.97 Å². The third kappa shape index (κ3) is 5.48. The average Bonchev–Trinajstić information content (AvgIpc) is 3.33. The molecule has 2 aromatic heterocycles. The highest BCUT2D eigenvalue weighted by Crippen LogP contribution is 2.33. The molecule has 4 aromatic rings. The molecule has 0 saturated carbocycles. The van der Waals surface area contributed by atoms with E-state index >= 15 is 0 Å². The third-order valence-corrected chi connectivity index (χ3v) is 5.56. The summed E-state index contributed by atoms with van der Waals surface area (Å²) in [5, 5.41) is 7.77. The van der Waals surface area contributed by atoms with Crippen LogP contribution in [-0.4, -0.2) is 46.3 Å². The number of alkyl halides is 3. The van der Waals surface area contributed by atoms with Crippen molar-refractivity contribution in [1.82, 2.24) is 20.2 Å². The summed E-state index contributed by atoms with van der Waals surface area (Å²) in [6.07, 6.45) is 0.801. The number of fused-ring (bicyclic) bond motifs is 1. The zero-order valence-corrected chi connectivity index (χ0v) is 20.1. The molecule has 2 aromatic carbocycles. The summed E-state index contributed by atoms with van der Waals surface area (Å²) in [4.78, 5) is 13.0. The molecule has 0 aliphatic carbocycles. The standard InChI is InChI=1S/C22H19F3N6.3ClH/c23-22(24,25)17-2-1-3-18(11-17)30-6-8-31(9-7-30)21-19-10-15(16-12-28-29-13-16)4-5-20(19)26-14-27-21;;;/h1-5,10-14H,6-9H2,(H,28,29);3*1H. The van der Waals surface area contributed by atoms with Crippen LogP contribution in [0.5, 0.6) is 0 Å². The maximum atomic E-state index is 13.1. The van der Waals surface area contributed by atoms with Crippen molar-refractivity contribution in [2.75, 3.05) is 36.0 Å². The van der Waals surface area contributed by atoms with Crippen LogP contribution in [0.15, 0.2) is 61.2 Å². The molecule has 34 heavy (non-hydrogen) atoms. The molecule has 3 heterocycles. The number of halogens is 6. The van der Waals surface area contributed by atoms with Crippen LogP contribution < -0.4 is 9.80 Å². The van der Waals surface area contributed by atoms with Gasteiger partial charge >= 0.3 is 6.18 Å². The molecule has 5 rings (SSSR count). The zero-order chi connectivity index (χ0) is 21.4. The predicted octanol–water partition coefficient (Wildman–Crippen LogP) is 5.63. The van der Waals surface area contributed by atoms with E-state index in [0.29, 0.717) is 31.9 Å². The molecule has 0 unspecified atom stereocenters. The van der Waals surface area contributed by atoms with E-state index < -0.39 is 11.7 Å². The molecule has 1 N–H and O–H groups in total. The van der Waals surface area contributed by atoms with E-state index in [2.05, 4.69) is 31.1 Å². The van der Waals surface area contributed by atoms with Gasteiger partial charge in [-0.2, -0.15) is 18.3 Å². The lowest BCUT2D eigenvalue weighted by Crippen LogP contribution is -2.47. The Morgan fingerprint density at radius 3 is 2.24 bits per heavy atom. The van der Waals surface area contributed by atoms with Gasteiger partial charge in [-0.05, 0) is 35.9 Å². The smallest absolute Gasteiger partial charge is 0.368 e. The molecule has 12 heteroatoms. The molecule has 0 amide bonds. The van der Waals surface area contributed by atoms with Gasteiger partial charge in [-0.3, -0.25) is 5.10 Å². The SMILES string of the molecule is Cl.Cl.Cl.FC(F)(F)c1cccc(N2CCN(c3ncnc4ccc(-c5cn[nH]c5)cc34)CC2)c1. The van der Waals surface area contributed by atoms with Crippen molar-refractivity contribution in [3.8, 4) is 11.1 Å². The van der Waals surface area contributed by atoms with Crippen LogP contribution in [0.3, 0.4) is 0 Å². The largest absolute Gasteiger partial charge is 0.416 e. The first kappa shape index (κ1) is 27.5. The molecular formula is C22H22Cl3F3N6. The van der Waals surface area contributed by atoms with Gasteiger partial charge in [0.2, 0.25) is 0 Å². The minimum absolute atomic E-state index is 0. The summed E-state index contributed by atoms with van der Waals surface area (Å²) in [5.74, 6) is 0.832. The van der Waals surface area contributed by atoms with Crippen molar-refractivity contribution in [1.29, 1.82) is 0 Å². The second-order valence-corrected chi connectivity index (χ2v) is 7.44. The van der Waals surface area contributed by atoms with Crippen LogP contribution in [-0.2, 0) is 6.18 Å². The molecule has 0 radical (unpaired) electrons. The van der Waals surface area contributed by atoms with Crippen LogP contribution in [0.1, 0.15) is 5.56 Å². The second kappa shape index (κ2) is 11.1. The van der Waals surface area contributed by atoms with Gasteiger partial charge in [0, 0.05) is 49.0 Å². The van der Waals surface area contributed by atoms with E-state index in [1.807, 2.05) is 23.2 Å². The maximum absolute atomic E-state index is 13.1. The zero-order valence-electron chi connectivity index (χ0n) is 17.7. The molecule has 182 valence electrons. The number of piperazine rings is 1. The Balaban J connectivity index is 0.00000136. The number of aromatic amines is 1. The molecule has 0 atom stereocenters. The highest BCUT2D eigenvalue weighted by molar-refractivity contribution is 5.93. The minimum atomic E-state index is -4.34. The molecule has 1 aliphatic rings. The normalized spacial score (nSPS) is 13.6. The van der Waals surface area contributed by atoms with Crippen molar-refractivity contribution in [2.24, 2.45) is 0 Å². The predicted molar refractivity (Wildman–Crippen MR) is 135 cm³/mol. The molecular weight excluding hydrogens is 512 g/mol. The maximum Gasteiger partial charge on any atom is 0.416 e. The molecule has 0 spiro atoms. The van der Waals surface area contributed by atoms with Gasteiger partial charge in [0.1, 0.15) is 12.1 Å². The van der Waals surface area contributed by atoms with Crippen LogP contribution >= 0.6 is 37.2 Å². The van der Waals surface area contributed by atoms with E-state index in [9.17, 15) is 13.2 Å². The summed E-state index contributed by atoms with van der Waals surface area (Å²) < 4.78 is 39.2. The third-order valence-electron chi connectivity index (χ3n) is 5.56. The number of H-pyrrole nitrogens is 1. The Hall–Kier alpha value is -2.75. The lowest BCUT2D eigenvalue weighted by molar-refractivity contribution is -0.137. The van der Waals surface area contributed by atoms with Crippen molar-refractivity contribution >= 4 is 59.6 Å². The molecule has 1 fully saturated rings. The first-order chi connectivity index (χ1) is 15.0. The molecule has 6 nitrogen and oxygen atoms in total. The van der Waals surface area contributed by atoms with Gasteiger partial charge < -0.3 is 9.80 Å². The quantitative estimate of drug-likeness (QED) is 0.370. The fraction of sp³-hybridized carbons (Fsp3) is 0.227. The number of anilines is 2. The van der Waals surface area contributed by atoms with Crippen LogP contribution in [0.4, 0.5) is 24.7 Å². The molecule has 1 aliphatic heterocycles. The van der Waals surface area contributed by atoms with Crippen molar-refractivity contribution in [3.63, 3.8) is 0 Å². The lowest BCUT2D eigenvalue weighted by atomic mass is 10.1.